The molecule has 1 N–H and O–H groups in total. The van der Waals surface area contributed by atoms with Crippen LogP contribution in [-0.2, 0) is 16.8 Å². The highest BCUT2D eigenvalue weighted by molar-refractivity contribution is 14.1. The van der Waals surface area contributed by atoms with E-state index in [9.17, 15) is 4.79 Å². The van der Waals surface area contributed by atoms with Gasteiger partial charge >= 0.3 is 0 Å². The van der Waals surface area contributed by atoms with E-state index in [1.54, 1.807) is 0 Å². The Hall–Kier alpha value is -0.430. The van der Waals surface area contributed by atoms with Crippen LogP contribution in [0.1, 0.15) is 58.0 Å². The van der Waals surface area contributed by atoms with Gasteiger partial charge in [-0.15, -0.1) is 0 Å². The van der Waals surface area contributed by atoms with Crippen LogP contribution in [0.15, 0.2) is 4.79 Å². The number of hydrogen-bond acceptors (Lipinski definition) is 3. The van der Waals surface area contributed by atoms with Gasteiger partial charge in [0.1, 0.15) is 11.4 Å². The van der Waals surface area contributed by atoms with E-state index < -0.39 is 0 Å². The van der Waals surface area contributed by atoms with Crippen LogP contribution < -0.4 is 5.56 Å². The molecule has 1 heterocycles. The normalized spacial score (nSPS) is 17.9. The first-order valence-electron chi connectivity index (χ1n) is 7.41. The quantitative estimate of drug-likeness (QED) is 0.785. The zero-order valence-corrected chi connectivity index (χ0v) is 14.6. The Kier molecular flexibility index (Phi) is 5.23. The van der Waals surface area contributed by atoms with E-state index in [2.05, 4.69) is 41.4 Å². The molecule has 20 heavy (non-hydrogen) atoms. The van der Waals surface area contributed by atoms with Gasteiger partial charge in [0.05, 0.1) is 9.26 Å². The Morgan fingerprint density at radius 1 is 1.40 bits per heavy atom. The minimum Gasteiger partial charge on any atom is -0.367 e. The van der Waals surface area contributed by atoms with Crippen molar-refractivity contribution >= 4 is 22.6 Å². The molecule has 0 amide bonds. The van der Waals surface area contributed by atoms with Crippen LogP contribution in [0.3, 0.4) is 0 Å². The average molecular weight is 390 g/mol. The first kappa shape index (κ1) is 15.9. The highest BCUT2D eigenvalue weighted by Gasteiger charge is 2.39. The molecule has 1 aromatic rings. The first-order valence-corrected chi connectivity index (χ1v) is 8.49. The molecule has 1 aliphatic rings. The lowest BCUT2D eigenvalue weighted by Gasteiger charge is -2.28. The molecule has 0 unspecified atom stereocenters. The molecule has 0 atom stereocenters. The maximum atomic E-state index is 12.2. The summed E-state index contributed by atoms with van der Waals surface area (Å²) in [5.74, 6) is 1.22. The van der Waals surface area contributed by atoms with Crippen molar-refractivity contribution in [1.29, 1.82) is 0 Å². The van der Waals surface area contributed by atoms with E-state index in [-0.39, 0.29) is 11.2 Å². The third-order valence-corrected chi connectivity index (χ3v) is 4.91. The van der Waals surface area contributed by atoms with Crippen molar-refractivity contribution in [1.82, 2.24) is 9.97 Å². The highest BCUT2D eigenvalue weighted by atomic mass is 127. The molecule has 112 valence electrons. The van der Waals surface area contributed by atoms with Crippen LogP contribution in [0.25, 0.3) is 0 Å². The lowest BCUT2D eigenvalue weighted by atomic mass is 10.00. The van der Waals surface area contributed by atoms with Crippen molar-refractivity contribution in [2.75, 3.05) is 6.61 Å². The van der Waals surface area contributed by atoms with Crippen LogP contribution in [0, 0.1) is 9.49 Å². The van der Waals surface area contributed by atoms with Crippen LogP contribution in [0.5, 0.6) is 0 Å². The van der Waals surface area contributed by atoms with Crippen LogP contribution >= 0.6 is 22.6 Å². The molecule has 1 fully saturated rings. The third kappa shape index (κ3) is 3.24. The Balaban J connectivity index is 2.45. The number of hydrogen-bond donors (Lipinski definition) is 1. The standard InChI is InChI=1S/C15H23IN2O2/c1-4-20-15(7-5-6-8-15)14-17-11(9-10(2)3)12(16)13(19)18-14/h10H,4-9H2,1-3H3,(H,17,18,19). The van der Waals surface area contributed by atoms with Crippen LogP contribution in [0.4, 0.5) is 0 Å². The van der Waals surface area contributed by atoms with Crippen molar-refractivity contribution in [3.05, 3.63) is 25.4 Å². The van der Waals surface area contributed by atoms with Gasteiger partial charge in [0, 0.05) is 6.61 Å². The predicted octanol–water partition coefficient (Wildman–Crippen LogP) is 3.38. The van der Waals surface area contributed by atoms with Crippen molar-refractivity contribution in [2.24, 2.45) is 5.92 Å². The van der Waals surface area contributed by atoms with Gasteiger partial charge in [0.25, 0.3) is 5.56 Å². The summed E-state index contributed by atoms with van der Waals surface area (Å²) in [4.78, 5) is 19.9. The molecule has 0 saturated heterocycles. The Labute approximate surface area is 133 Å². The molecule has 1 aromatic heterocycles. The summed E-state index contributed by atoms with van der Waals surface area (Å²) < 4.78 is 6.71. The van der Waals surface area contributed by atoms with E-state index in [0.29, 0.717) is 16.1 Å². The van der Waals surface area contributed by atoms with Crippen LogP contribution in [-0.4, -0.2) is 16.6 Å². The number of aromatic amines is 1. The molecule has 0 bridgehead atoms. The molecule has 1 saturated carbocycles. The smallest absolute Gasteiger partial charge is 0.264 e. The number of H-pyrrole nitrogens is 1. The maximum absolute atomic E-state index is 12.2. The summed E-state index contributed by atoms with van der Waals surface area (Å²) in [5.41, 5.74) is 0.506. The fourth-order valence-corrected chi connectivity index (χ4v) is 3.39. The second-order valence-corrected chi connectivity index (χ2v) is 6.99. The molecule has 0 aliphatic heterocycles. The van der Waals surface area contributed by atoms with Crippen LogP contribution in [0.2, 0.25) is 0 Å². The number of ether oxygens (including phenoxy) is 1. The maximum Gasteiger partial charge on any atom is 0.264 e. The SMILES string of the molecule is CCOC1(c2nc(CC(C)C)c(I)c(=O)[nH]2)CCCC1. The Morgan fingerprint density at radius 2 is 2.05 bits per heavy atom. The summed E-state index contributed by atoms with van der Waals surface area (Å²) in [6.07, 6.45) is 5.00. The van der Waals surface area contributed by atoms with E-state index >= 15 is 0 Å². The monoisotopic (exact) mass is 390 g/mol. The average Bonchev–Trinajstić information content (AvgIpc) is 2.84. The van der Waals surface area contributed by atoms with Gasteiger partial charge in [-0.25, -0.2) is 4.98 Å². The van der Waals surface area contributed by atoms with Crippen molar-refractivity contribution in [3.8, 4) is 0 Å². The molecular formula is C15H23IN2O2. The van der Waals surface area contributed by atoms with Gasteiger partial charge in [0.2, 0.25) is 0 Å². The lowest BCUT2D eigenvalue weighted by Crippen LogP contribution is -2.33. The number of aromatic nitrogens is 2. The largest absolute Gasteiger partial charge is 0.367 e. The predicted molar refractivity (Wildman–Crippen MR) is 87.9 cm³/mol. The van der Waals surface area contributed by atoms with Gasteiger partial charge in [-0.1, -0.05) is 13.8 Å². The molecule has 2 rings (SSSR count). The Morgan fingerprint density at radius 3 is 2.60 bits per heavy atom. The number of halogens is 1. The lowest BCUT2D eigenvalue weighted by molar-refractivity contribution is -0.0460. The van der Waals surface area contributed by atoms with Gasteiger partial charge in [-0.05, 0) is 67.5 Å². The van der Waals surface area contributed by atoms with Crippen molar-refractivity contribution in [2.45, 2.75) is 58.5 Å². The van der Waals surface area contributed by atoms with E-state index in [1.807, 2.05) is 6.92 Å². The molecule has 1 aliphatic carbocycles. The van der Waals surface area contributed by atoms with E-state index in [0.717, 1.165) is 43.6 Å². The van der Waals surface area contributed by atoms with E-state index in [1.165, 1.54) is 0 Å². The molecule has 5 heteroatoms. The van der Waals surface area contributed by atoms with Gasteiger partial charge in [0.15, 0.2) is 0 Å². The van der Waals surface area contributed by atoms with Gasteiger partial charge < -0.3 is 9.72 Å². The van der Waals surface area contributed by atoms with Gasteiger partial charge in [-0.2, -0.15) is 0 Å². The highest BCUT2D eigenvalue weighted by Crippen LogP contribution is 2.40. The first-order chi connectivity index (χ1) is 9.48. The van der Waals surface area contributed by atoms with Crippen molar-refractivity contribution in [3.63, 3.8) is 0 Å². The zero-order chi connectivity index (χ0) is 14.8. The molecule has 0 spiro atoms. The second kappa shape index (κ2) is 6.56. The fraction of sp³-hybridized carbons (Fsp3) is 0.733. The molecule has 0 radical (unpaired) electrons. The number of nitrogens with zero attached hydrogens (tertiary/aromatic N) is 1. The van der Waals surface area contributed by atoms with Gasteiger partial charge in [-0.3, -0.25) is 4.79 Å². The summed E-state index contributed by atoms with van der Waals surface area (Å²) in [6.45, 7) is 6.94. The summed E-state index contributed by atoms with van der Waals surface area (Å²) >= 11 is 2.10. The molecular weight excluding hydrogens is 367 g/mol. The van der Waals surface area contributed by atoms with Crippen molar-refractivity contribution < 1.29 is 4.74 Å². The number of rotatable bonds is 5. The summed E-state index contributed by atoms with van der Waals surface area (Å²) in [7, 11) is 0. The second-order valence-electron chi connectivity index (χ2n) is 5.91. The Bertz CT molecular complexity index is 519. The zero-order valence-electron chi connectivity index (χ0n) is 12.5. The van der Waals surface area contributed by atoms with E-state index in [4.69, 9.17) is 9.72 Å². The molecule has 4 nitrogen and oxygen atoms in total. The summed E-state index contributed by atoms with van der Waals surface area (Å²) in [5, 5.41) is 0. The third-order valence-electron chi connectivity index (χ3n) is 3.80. The number of nitrogens with one attached hydrogen (secondary N) is 1. The summed E-state index contributed by atoms with van der Waals surface area (Å²) in [6, 6.07) is 0. The minimum atomic E-state index is -0.371. The topological polar surface area (TPSA) is 55.0 Å². The molecule has 0 aromatic carbocycles. The fourth-order valence-electron chi connectivity index (χ4n) is 2.92. The minimum absolute atomic E-state index is 0.0303.